The zero-order valence-corrected chi connectivity index (χ0v) is 9.40. The molecule has 0 aromatic carbocycles. The molecule has 0 spiro atoms. The molecule has 4 heteroatoms. The molecule has 0 aliphatic heterocycles. The summed E-state index contributed by atoms with van der Waals surface area (Å²) in [6.45, 7) is 5.69. The Morgan fingerprint density at radius 2 is 2.07 bits per heavy atom. The normalized spacial score (nSPS) is 11.5. The Kier molecular flexibility index (Phi) is 2.64. The summed E-state index contributed by atoms with van der Waals surface area (Å²) in [6.07, 6.45) is 3.50. The average Bonchev–Trinajstić information content (AvgIpc) is 2.47. The largest absolute Gasteiger partial charge is 0.320 e. The second-order valence-electron chi connectivity index (χ2n) is 4.45. The summed E-state index contributed by atoms with van der Waals surface area (Å²) < 4.78 is 1.82. The van der Waals surface area contributed by atoms with Crippen molar-refractivity contribution in [2.24, 2.45) is 12.5 Å². The highest BCUT2D eigenvalue weighted by Gasteiger charge is 2.27. The summed E-state index contributed by atoms with van der Waals surface area (Å²) in [5.41, 5.74) is -0.374. The van der Waals surface area contributed by atoms with Crippen molar-refractivity contribution in [2.75, 3.05) is 11.9 Å². The van der Waals surface area contributed by atoms with E-state index in [1.54, 1.807) is 18.1 Å². The average molecular weight is 195 g/mol. The number of anilines is 1. The molecule has 0 aliphatic rings. The molecule has 0 atom stereocenters. The van der Waals surface area contributed by atoms with Crippen molar-refractivity contribution in [3.8, 4) is 0 Å². The minimum atomic E-state index is -0.374. The Balaban J connectivity index is 2.92. The van der Waals surface area contributed by atoms with Crippen LogP contribution in [0.15, 0.2) is 12.4 Å². The minimum Gasteiger partial charge on any atom is -0.320 e. The maximum absolute atomic E-state index is 11.9. The third-order valence-electron chi connectivity index (χ3n) is 2.04. The molecule has 0 saturated heterocycles. The number of nitrogens with zero attached hydrogens (tertiary/aromatic N) is 3. The molecular weight excluding hydrogens is 178 g/mol. The van der Waals surface area contributed by atoms with Gasteiger partial charge in [0.05, 0.1) is 0 Å². The van der Waals surface area contributed by atoms with E-state index >= 15 is 0 Å². The summed E-state index contributed by atoms with van der Waals surface area (Å²) in [5, 5.41) is 0. The number of carbonyl (C=O) groups excluding carboxylic acids is 1. The second kappa shape index (κ2) is 3.44. The number of aryl methyl sites for hydroxylation is 1. The highest BCUT2D eigenvalue weighted by Crippen LogP contribution is 2.19. The molecule has 78 valence electrons. The van der Waals surface area contributed by atoms with Gasteiger partial charge in [0.2, 0.25) is 11.9 Å². The van der Waals surface area contributed by atoms with E-state index < -0.39 is 0 Å². The molecule has 1 aromatic rings. The monoisotopic (exact) mass is 195 g/mol. The quantitative estimate of drug-likeness (QED) is 0.680. The van der Waals surface area contributed by atoms with E-state index in [0.29, 0.717) is 5.95 Å². The third-order valence-corrected chi connectivity index (χ3v) is 2.04. The maximum Gasteiger partial charge on any atom is 0.234 e. The molecular formula is C10H17N3O. The molecule has 0 aliphatic carbocycles. The van der Waals surface area contributed by atoms with Crippen molar-refractivity contribution in [2.45, 2.75) is 20.8 Å². The van der Waals surface area contributed by atoms with Crippen LogP contribution in [0.4, 0.5) is 5.95 Å². The summed E-state index contributed by atoms with van der Waals surface area (Å²) in [6, 6.07) is 0. The standard InChI is InChI=1S/C10H17N3O/c1-10(2,3)8(14)13(5)9-11-6-7-12(9)4/h6-7H,1-5H3. The first kappa shape index (κ1) is 10.8. The van der Waals surface area contributed by atoms with Crippen LogP contribution >= 0.6 is 0 Å². The lowest BCUT2D eigenvalue weighted by Crippen LogP contribution is -2.37. The van der Waals surface area contributed by atoms with Crippen LogP contribution in [-0.4, -0.2) is 22.5 Å². The lowest BCUT2D eigenvalue weighted by molar-refractivity contribution is -0.125. The van der Waals surface area contributed by atoms with Crippen LogP contribution in [0.3, 0.4) is 0 Å². The zero-order chi connectivity index (χ0) is 10.9. The van der Waals surface area contributed by atoms with E-state index in [4.69, 9.17) is 0 Å². The lowest BCUT2D eigenvalue weighted by atomic mass is 9.95. The lowest BCUT2D eigenvalue weighted by Gasteiger charge is -2.24. The Labute approximate surface area is 84.5 Å². The van der Waals surface area contributed by atoms with Crippen LogP contribution < -0.4 is 4.90 Å². The Hall–Kier alpha value is -1.32. The van der Waals surface area contributed by atoms with Gasteiger partial charge in [-0.25, -0.2) is 4.98 Å². The van der Waals surface area contributed by atoms with Crippen LogP contribution in [0.5, 0.6) is 0 Å². The fraction of sp³-hybridized carbons (Fsp3) is 0.600. The van der Waals surface area contributed by atoms with Gasteiger partial charge in [-0.2, -0.15) is 0 Å². The van der Waals surface area contributed by atoms with Crippen molar-refractivity contribution in [1.82, 2.24) is 9.55 Å². The van der Waals surface area contributed by atoms with E-state index in [9.17, 15) is 4.79 Å². The van der Waals surface area contributed by atoms with Gasteiger partial charge >= 0.3 is 0 Å². The molecule has 4 nitrogen and oxygen atoms in total. The van der Waals surface area contributed by atoms with Crippen molar-refractivity contribution >= 4 is 11.9 Å². The third kappa shape index (κ3) is 1.95. The number of hydrogen-bond donors (Lipinski definition) is 0. The van der Waals surface area contributed by atoms with Crippen LogP contribution in [0.25, 0.3) is 0 Å². The summed E-state index contributed by atoms with van der Waals surface area (Å²) in [5.74, 6) is 0.733. The number of imidazole rings is 1. The zero-order valence-electron chi connectivity index (χ0n) is 9.40. The van der Waals surface area contributed by atoms with Crippen LogP contribution in [0.1, 0.15) is 20.8 Å². The summed E-state index contributed by atoms with van der Waals surface area (Å²) in [7, 11) is 3.62. The first-order chi connectivity index (χ1) is 6.34. The molecule has 0 fully saturated rings. The molecule has 0 N–H and O–H groups in total. The maximum atomic E-state index is 11.9. The summed E-state index contributed by atoms with van der Waals surface area (Å²) in [4.78, 5) is 17.6. The topological polar surface area (TPSA) is 38.1 Å². The predicted molar refractivity (Wildman–Crippen MR) is 56.1 cm³/mol. The Bertz CT molecular complexity index is 335. The van der Waals surface area contributed by atoms with Crippen molar-refractivity contribution in [1.29, 1.82) is 0 Å². The molecule has 1 rings (SSSR count). The molecule has 0 saturated carbocycles. The first-order valence-electron chi connectivity index (χ1n) is 4.59. The molecule has 1 amide bonds. The van der Waals surface area contributed by atoms with Crippen molar-refractivity contribution in [3.63, 3.8) is 0 Å². The van der Waals surface area contributed by atoms with Crippen LogP contribution in [0, 0.1) is 5.41 Å². The van der Waals surface area contributed by atoms with Crippen molar-refractivity contribution in [3.05, 3.63) is 12.4 Å². The van der Waals surface area contributed by atoms with E-state index in [2.05, 4.69) is 4.98 Å². The second-order valence-corrected chi connectivity index (χ2v) is 4.45. The fourth-order valence-corrected chi connectivity index (χ4v) is 1.27. The highest BCUT2D eigenvalue weighted by atomic mass is 16.2. The number of hydrogen-bond acceptors (Lipinski definition) is 2. The molecule has 1 aromatic heterocycles. The minimum absolute atomic E-state index is 0.0619. The van der Waals surface area contributed by atoms with Crippen LogP contribution in [0.2, 0.25) is 0 Å². The molecule has 0 unspecified atom stereocenters. The van der Waals surface area contributed by atoms with Crippen LogP contribution in [-0.2, 0) is 11.8 Å². The Morgan fingerprint density at radius 3 is 2.43 bits per heavy atom. The fourth-order valence-electron chi connectivity index (χ4n) is 1.27. The van der Waals surface area contributed by atoms with Crippen molar-refractivity contribution < 1.29 is 4.79 Å². The first-order valence-corrected chi connectivity index (χ1v) is 4.59. The van der Waals surface area contributed by atoms with Gasteiger partial charge in [-0.1, -0.05) is 20.8 Å². The SMILES string of the molecule is CN(C(=O)C(C)(C)C)c1nccn1C. The van der Waals surface area contributed by atoms with Gasteiger partial charge in [-0.05, 0) is 0 Å². The molecule has 14 heavy (non-hydrogen) atoms. The summed E-state index contributed by atoms with van der Waals surface area (Å²) >= 11 is 0. The molecule has 0 bridgehead atoms. The van der Waals surface area contributed by atoms with Gasteiger partial charge in [0.1, 0.15) is 0 Å². The van der Waals surface area contributed by atoms with E-state index in [-0.39, 0.29) is 11.3 Å². The van der Waals surface area contributed by atoms with Gasteiger partial charge in [0.25, 0.3) is 0 Å². The smallest absolute Gasteiger partial charge is 0.234 e. The van der Waals surface area contributed by atoms with E-state index in [1.807, 2.05) is 38.6 Å². The number of amides is 1. The number of rotatable bonds is 1. The van der Waals surface area contributed by atoms with Gasteiger partial charge in [-0.3, -0.25) is 9.69 Å². The highest BCUT2D eigenvalue weighted by molar-refractivity contribution is 5.94. The number of aromatic nitrogens is 2. The van der Waals surface area contributed by atoms with Gasteiger partial charge in [0.15, 0.2) is 0 Å². The number of carbonyl (C=O) groups is 1. The molecule has 0 radical (unpaired) electrons. The van der Waals surface area contributed by atoms with Gasteiger partial charge in [0, 0.05) is 31.9 Å². The van der Waals surface area contributed by atoms with E-state index in [1.165, 1.54) is 0 Å². The van der Waals surface area contributed by atoms with E-state index in [0.717, 1.165) is 0 Å². The molecule has 1 heterocycles. The predicted octanol–water partition coefficient (Wildman–Crippen LogP) is 1.43. The Morgan fingerprint density at radius 1 is 1.50 bits per heavy atom. The van der Waals surface area contributed by atoms with Gasteiger partial charge in [-0.15, -0.1) is 0 Å². The van der Waals surface area contributed by atoms with Gasteiger partial charge < -0.3 is 4.57 Å².